The molecular formula is C23H28N4O6. The number of alkyl carbamates (subject to hydrolysis) is 1. The molecule has 0 saturated heterocycles. The number of fused-ring (bicyclic) bond motifs is 1. The van der Waals surface area contributed by atoms with Gasteiger partial charge in [-0.3, -0.25) is 14.4 Å². The van der Waals surface area contributed by atoms with Crippen LogP contribution in [0.5, 0.6) is 0 Å². The number of carbonyl (C=O) groups is 4. The molecule has 2 atom stereocenters. The van der Waals surface area contributed by atoms with Gasteiger partial charge in [0.25, 0.3) is 5.91 Å². The summed E-state index contributed by atoms with van der Waals surface area (Å²) >= 11 is 0. The summed E-state index contributed by atoms with van der Waals surface area (Å²) in [5.74, 6) is -1.82. The molecule has 2 unspecified atom stereocenters. The Balaban J connectivity index is 1.67. The highest BCUT2D eigenvalue weighted by Gasteiger charge is 2.33. The number of aryl methyl sites for hydroxylation is 1. The van der Waals surface area contributed by atoms with E-state index in [0.717, 1.165) is 5.56 Å². The first-order valence-corrected chi connectivity index (χ1v) is 10.9. The smallest absolute Gasteiger partial charge is 0.408 e. The zero-order valence-corrected chi connectivity index (χ0v) is 18.6. The fourth-order valence-corrected chi connectivity index (χ4v) is 3.47. The van der Waals surface area contributed by atoms with Crippen LogP contribution in [0.15, 0.2) is 41.1 Å². The van der Waals surface area contributed by atoms with Gasteiger partial charge in [-0.1, -0.05) is 49.3 Å². The average molecular weight is 456 g/mol. The van der Waals surface area contributed by atoms with E-state index in [1.807, 2.05) is 30.3 Å². The first-order valence-electron chi connectivity index (χ1n) is 10.9. The topological polar surface area (TPSA) is 140 Å². The largest absolute Gasteiger partial charge is 0.445 e. The molecule has 1 aliphatic rings. The molecule has 2 aromatic rings. The maximum atomic E-state index is 13.0. The molecule has 33 heavy (non-hydrogen) atoms. The van der Waals surface area contributed by atoms with Crippen molar-refractivity contribution in [3.8, 4) is 0 Å². The number of amides is 3. The van der Waals surface area contributed by atoms with Crippen molar-refractivity contribution in [1.82, 2.24) is 21.1 Å². The van der Waals surface area contributed by atoms with Gasteiger partial charge in [0, 0.05) is 24.9 Å². The van der Waals surface area contributed by atoms with E-state index in [9.17, 15) is 19.2 Å². The Bertz CT molecular complexity index is 988. The molecule has 0 aliphatic carbocycles. The third kappa shape index (κ3) is 6.64. The van der Waals surface area contributed by atoms with Crippen LogP contribution < -0.4 is 16.0 Å². The SMILES string of the molecule is CC(C)C(NC(=O)OCc1ccccc1)C(=O)NC1Cc2cnoc2CCCNC(=O)C1=O. The zero-order valence-electron chi connectivity index (χ0n) is 18.6. The highest BCUT2D eigenvalue weighted by Crippen LogP contribution is 2.15. The van der Waals surface area contributed by atoms with E-state index in [-0.39, 0.29) is 18.9 Å². The second-order valence-corrected chi connectivity index (χ2v) is 8.19. The predicted molar refractivity (Wildman–Crippen MR) is 117 cm³/mol. The number of rotatable bonds is 6. The highest BCUT2D eigenvalue weighted by atomic mass is 16.5. The molecule has 1 aromatic carbocycles. The Morgan fingerprint density at radius 1 is 1.24 bits per heavy atom. The van der Waals surface area contributed by atoms with Crippen LogP contribution in [-0.2, 0) is 38.6 Å². The Kier molecular flexibility index (Phi) is 8.17. The van der Waals surface area contributed by atoms with Crippen molar-refractivity contribution in [2.45, 2.75) is 51.8 Å². The first kappa shape index (κ1) is 24.0. The van der Waals surface area contributed by atoms with Crippen LogP contribution in [0.2, 0.25) is 0 Å². The molecular weight excluding hydrogens is 428 g/mol. The molecule has 10 nitrogen and oxygen atoms in total. The van der Waals surface area contributed by atoms with Crippen LogP contribution in [0, 0.1) is 5.92 Å². The molecule has 1 aliphatic heterocycles. The average Bonchev–Trinajstić information content (AvgIpc) is 3.24. The zero-order chi connectivity index (χ0) is 23.8. The van der Waals surface area contributed by atoms with E-state index in [1.165, 1.54) is 6.20 Å². The van der Waals surface area contributed by atoms with Crippen LogP contribution in [0.1, 0.15) is 37.2 Å². The van der Waals surface area contributed by atoms with Gasteiger partial charge in [-0.25, -0.2) is 4.79 Å². The van der Waals surface area contributed by atoms with Crippen LogP contribution in [0.4, 0.5) is 4.79 Å². The van der Waals surface area contributed by atoms with Crippen molar-refractivity contribution >= 4 is 23.7 Å². The number of hydrogen-bond donors (Lipinski definition) is 3. The number of nitrogens with one attached hydrogen (secondary N) is 3. The Morgan fingerprint density at radius 2 is 2.00 bits per heavy atom. The number of ether oxygens (including phenoxy) is 1. The monoisotopic (exact) mass is 456 g/mol. The molecule has 3 rings (SSSR count). The third-order valence-electron chi connectivity index (χ3n) is 5.31. The van der Waals surface area contributed by atoms with Gasteiger partial charge < -0.3 is 25.2 Å². The van der Waals surface area contributed by atoms with Gasteiger partial charge in [0.2, 0.25) is 11.7 Å². The minimum atomic E-state index is -1.13. The van der Waals surface area contributed by atoms with Crippen LogP contribution in [0.3, 0.4) is 0 Å². The fraction of sp³-hybridized carbons (Fsp3) is 0.435. The number of aromatic nitrogens is 1. The summed E-state index contributed by atoms with van der Waals surface area (Å²) in [7, 11) is 0. The number of Topliss-reactive ketones (excluding diaryl/α,β-unsaturated/α-hetero) is 1. The lowest BCUT2D eigenvalue weighted by atomic mass is 9.98. The van der Waals surface area contributed by atoms with E-state index >= 15 is 0 Å². The Labute approximate surface area is 191 Å². The molecule has 0 bridgehead atoms. The van der Waals surface area contributed by atoms with E-state index in [2.05, 4.69) is 21.1 Å². The first-order chi connectivity index (χ1) is 15.8. The van der Waals surface area contributed by atoms with E-state index in [0.29, 0.717) is 30.7 Å². The molecule has 0 radical (unpaired) electrons. The van der Waals surface area contributed by atoms with Crippen molar-refractivity contribution in [2.24, 2.45) is 5.92 Å². The number of benzene rings is 1. The normalized spacial score (nSPS) is 17.5. The van der Waals surface area contributed by atoms with Crippen molar-refractivity contribution in [3.05, 3.63) is 53.4 Å². The van der Waals surface area contributed by atoms with E-state index < -0.39 is 35.8 Å². The summed E-state index contributed by atoms with van der Waals surface area (Å²) in [6.07, 6.45) is 1.93. The van der Waals surface area contributed by atoms with Gasteiger partial charge >= 0.3 is 6.09 Å². The number of carbonyl (C=O) groups excluding carboxylic acids is 4. The lowest BCUT2D eigenvalue weighted by molar-refractivity contribution is -0.140. The maximum absolute atomic E-state index is 13.0. The molecule has 176 valence electrons. The molecule has 3 amide bonds. The minimum absolute atomic E-state index is 0.0522. The summed E-state index contributed by atoms with van der Waals surface area (Å²) in [6.45, 7) is 3.86. The van der Waals surface area contributed by atoms with Crippen LogP contribution in [0.25, 0.3) is 0 Å². The third-order valence-corrected chi connectivity index (χ3v) is 5.31. The molecule has 0 fully saturated rings. The highest BCUT2D eigenvalue weighted by molar-refractivity contribution is 6.38. The number of hydrogen-bond acceptors (Lipinski definition) is 7. The van der Waals surface area contributed by atoms with Gasteiger partial charge in [-0.15, -0.1) is 0 Å². The molecule has 10 heteroatoms. The van der Waals surface area contributed by atoms with Crippen molar-refractivity contribution in [3.63, 3.8) is 0 Å². The fourth-order valence-electron chi connectivity index (χ4n) is 3.47. The van der Waals surface area contributed by atoms with Crippen LogP contribution >= 0.6 is 0 Å². The van der Waals surface area contributed by atoms with Gasteiger partial charge in [0.15, 0.2) is 0 Å². The molecule has 0 spiro atoms. The van der Waals surface area contributed by atoms with Crippen molar-refractivity contribution in [1.29, 1.82) is 0 Å². The van der Waals surface area contributed by atoms with E-state index in [1.54, 1.807) is 13.8 Å². The number of nitrogens with zero attached hydrogens (tertiary/aromatic N) is 1. The van der Waals surface area contributed by atoms with Crippen LogP contribution in [-0.4, -0.2) is 47.5 Å². The van der Waals surface area contributed by atoms with Gasteiger partial charge in [-0.05, 0) is 17.9 Å². The minimum Gasteiger partial charge on any atom is -0.445 e. The summed E-state index contributed by atoms with van der Waals surface area (Å²) in [4.78, 5) is 50.3. The van der Waals surface area contributed by atoms with E-state index in [4.69, 9.17) is 9.26 Å². The summed E-state index contributed by atoms with van der Waals surface area (Å²) in [5.41, 5.74) is 1.46. The number of ketones is 1. The van der Waals surface area contributed by atoms with Gasteiger partial charge in [0.1, 0.15) is 24.5 Å². The Morgan fingerprint density at radius 3 is 2.73 bits per heavy atom. The summed E-state index contributed by atoms with van der Waals surface area (Å²) < 4.78 is 10.5. The lowest BCUT2D eigenvalue weighted by Crippen LogP contribution is -2.56. The summed E-state index contributed by atoms with van der Waals surface area (Å²) in [6, 6.07) is 7.04. The predicted octanol–water partition coefficient (Wildman–Crippen LogP) is 1.28. The second-order valence-electron chi connectivity index (χ2n) is 8.19. The lowest BCUT2D eigenvalue weighted by Gasteiger charge is -2.25. The quantitative estimate of drug-likeness (QED) is 0.557. The molecule has 1 aromatic heterocycles. The molecule has 2 heterocycles. The molecule has 0 saturated carbocycles. The Hall–Kier alpha value is -3.69. The maximum Gasteiger partial charge on any atom is 0.408 e. The van der Waals surface area contributed by atoms with Gasteiger partial charge in [-0.2, -0.15) is 0 Å². The van der Waals surface area contributed by atoms with Crippen molar-refractivity contribution < 1.29 is 28.4 Å². The second kappa shape index (κ2) is 11.3. The summed E-state index contributed by atoms with van der Waals surface area (Å²) in [5, 5.41) is 11.5. The standard InChI is InChI=1S/C23H28N4O6/c1-14(2)19(27-23(31)32-13-15-7-4-3-5-8-15)21(29)26-17-11-16-12-25-33-18(16)9-6-10-24-22(30)20(17)28/h3-5,7-8,12,14,17,19H,6,9-11,13H2,1-2H3,(H,24,30)(H,26,29)(H,27,31). The van der Waals surface area contributed by atoms with Crippen molar-refractivity contribution in [2.75, 3.05) is 6.54 Å². The van der Waals surface area contributed by atoms with Gasteiger partial charge in [0.05, 0.1) is 6.20 Å². The molecule has 3 N–H and O–H groups in total.